The van der Waals surface area contributed by atoms with Crippen molar-refractivity contribution in [2.75, 3.05) is 20.2 Å². The molecule has 1 N–H and O–H groups in total. The summed E-state index contributed by atoms with van der Waals surface area (Å²) in [5, 5.41) is 4.38. The van der Waals surface area contributed by atoms with Gasteiger partial charge in [-0.05, 0) is 24.1 Å². The number of methoxy groups -OCH3 is 1. The zero-order valence-corrected chi connectivity index (χ0v) is 17.4. The van der Waals surface area contributed by atoms with E-state index in [9.17, 15) is 9.59 Å². The lowest BCUT2D eigenvalue weighted by Gasteiger charge is -2.47. The minimum atomic E-state index is -0.229. The van der Waals surface area contributed by atoms with Crippen molar-refractivity contribution in [3.8, 4) is 16.9 Å². The smallest absolute Gasteiger partial charge is 0.265 e. The molecule has 148 valence electrons. The van der Waals surface area contributed by atoms with Gasteiger partial charge in [0, 0.05) is 35.2 Å². The summed E-state index contributed by atoms with van der Waals surface area (Å²) in [7, 11) is 1.66. The molecule has 2 amide bonds. The second kappa shape index (κ2) is 6.75. The first-order valence-corrected chi connectivity index (χ1v) is 10.6. The number of ether oxygens (including phenoxy) is 1. The predicted molar refractivity (Wildman–Crippen MR) is 115 cm³/mol. The summed E-state index contributed by atoms with van der Waals surface area (Å²) in [6, 6.07) is 13.9. The minimum Gasteiger partial charge on any atom is -0.496 e. The Hall–Kier alpha value is -2.57. The number of halogens is 1. The average molecular weight is 427 g/mol. The predicted octanol–water partition coefficient (Wildman–Crippen LogP) is 4.33. The molecule has 0 saturated carbocycles. The molecule has 3 heterocycles. The van der Waals surface area contributed by atoms with Gasteiger partial charge in [-0.3, -0.25) is 9.59 Å². The topological polar surface area (TPSA) is 58.6 Å². The molecule has 2 aliphatic rings. The fourth-order valence-electron chi connectivity index (χ4n) is 4.24. The van der Waals surface area contributed by atoms with E-state index in [0.717, 1.165) is 33.4 Å². The minimum absolute atomic E-state index is 0.0678. The van der Waals surface area contributed by atoms with E-state index in [2.05, 4.69) is 11.4 Å². The third kappa shape index (κ3) is 2.98. The highest BCUT2D eigenvalue weighted by Crippen LogP contribution is 2.41. The number of carbonyl (C=O) groups is 2. The molecule has 0 radical (unpaired) electrons. The van der Waals surface area contributed by atoms with E-state index in [4.69, 9.17) is 16.3 Å². The highest BCUT2D eigenvalue weighted by molar-refractivity contribution is 7.21. The highest BCUT2D eigenvalue weighted by Gasteiger charge is 2.49. The maximum atomic E-state index is 13.0. The van der Waals surface area contributed by atoms with E-state index in [0.29, 0.717) is 29.4 Å². The number of carbonyl (C=O) groups excluding carboxylic acids is 2. The van der Waals surface area contributed by atoms with E-state index >= 15 is 0 Å². The molecule has 2 saturated heterocycles. The first-order valence-electron chi connectivity index (χ1n) is 9.45. The number of nitrogens with zero attached hydrogens (tertiary/aromatic N) is 1. The zero-order chi connectivity index (χ0) is 20.2. The van der Waals surface area contributed by atoms with Gasteiger partial charge in [-0.15, -0.1) is 11.3 Å². The Balaban J connectivity index is 1.45. The number of para-hydroxylation sites is 1. The largest absolute Gasteiger partial charge is 0.496 e. The molecular weight excluding hydrogens is 408 g/mol. The summed E-state index contributed by atoms with van der Waals surface area (Å²) in [5.41, 5.74) is 1.78. The number of hydrogen-bond acceptors (Lipinski definition) is 4. The Kier molecular flexibility index (Phi) is 4.29. The van der Waals surface area contributed by atoms with Crippen molar-refractivity contribution in [2.45, 2.75) is 18.4 Å². The summed E-state index contributed by atoms with van der Waals surface area (Å²) in [6.45, 7) is 1.10. The summed E-state index contributed by atoms with van der Waals surface area (Å²) >= 11 is 7.99. The molecule has 2 aliphatic heterocycles. The van der Waals surface area contributed by atoms with E-state index in [1.54, 1.807) is 12.0 Å². The van der Waals surface area contributed by atoms with E-state index in [-0.39, 0.29) is 17.4 Å². The Bertz CT molecular complexity index is 1150. The molecule has 0 aliphatic carbocycles. The lowest BCUT2D eigenvalue weighted by atomic mass is 9.88. The summed E-state index contributed by atoms with van der Waals surface area (Å²) < 4.78 is 6.44. The Morgan fingerprint density at radius 2 is 2.03 bits per heavy atom. The molecule has 2 fully saturated rings. The van der Waals surface area contributed by atoms with E-state index in [1.807, 2.05) is 36.4 Å². The van der Waals surface area contributed by atoms with Crippen LogP contribution >= 0.6 is 22.9 Å². The maximum Gasteiger partial charge on any atom is 0.265 e. The second-order valence-corrected chi connectivity index (χ2v) is 9.08. The van der Waals surface area contributed by atoms with Crippen LogP contribution in [0.4, 0.5) is 0 Å². The van der Waals surface area contributed by atoms with E-state index in [1.165, 1.54) is 11.3 Å². The number of benzene rings is 2. The van der Waals surface area contributed by atoms with Crippen LogP contribution < -0.4 is 10.1 Å². The fourth-order valence-corrected chi connectivity index (χ4v) is 5.75. The molecule has 29 heavy (non-hydrogen) atoms. The molecule has 2 aromatic carbocycles. The van der Waals surface area contributed by atoms with Gasteiger partial charge in [-0.25, -0.2) is 0 Å². The van der Waals surface area contributed by atoms with Crippen LogP contribution in [-0.2, 0) is 4.79 Å². The summed E-state index contributed by atoms with van der Waals surface area (Å²) in [4.78, 5) is 26.9. The normalized spacial score (nSPS) is 17.4. The quantitative estimate of drug-likeness (QED) is 0.678. The van der Waals surface area contributed by atoms with Gasteiger partial charge in [0.05, 0.1) is 17.7 Å². The second-order valence-electron chi connectivity index (χ2n) is 7.65. The molecule has 5 nitrogen and oxygen atoms in total. The Morgan fingerprint density at radius 3 is 2.76 bits per heavy atom. The van der Waals surface area contributed by atoms with Gasteiger partial charge in [-0.1, -0.05) is 41.9 Å². The number of rotatable bonds is 3. The lowest BCUT2D eigenvalue weighted by molar-refractivity contribution is -0.120. The Morgan fingerprint density at radius 1 is 1.24 bits per heavy atom. The van der Waals surface area contributed by atoms with Crippen LogP contribution in [0.2, 0.25) is 5.02 Å². The number of thiophene rings is 1. The van der Waals surface area contributed by atoms with Crippen molar-refractivity contribution < 1.29 is 14.3 Å². The van der Waals surface area contributed by atoms with Crippen molar-refractivity contribution >= 4 is 44.8 Å². The number of likely N-dealkylation sites (tertiary alicyclic amines) is 1. The lowest BCUT2D eigenvalue weighted by Crippen LogP contribution is -2.68. The standard InChI is InChI=1S/C22H19ClN2O3S/c1-28-16-5-3-2-4-14(16)13-6-7-15-17(10-13)29-20(19(15)23)21(27)25-11-22(12-25)9-8-18(26)24-22/h2-7,10H,8-9,11-12H2,1H3,(H,24,26). The van der Waals surface area contributed by atoms with Crippen molar-refractivity contribution in [3.05, 3.63) is 52.4 Å². The molecule has 0 atom stereocenters. The number of nitrogens with one attached hydrogen (secondary N) is 1. The van der Waals surface area contributed by atoms with Crippen molar-refractivity contribution in [2.24, 2.45) is 0 Å². The first kappa shape index (κ1) is 18.5. The van der Waals surface area contributed by atoms with Crippen molar-refractivity contribution in [1.29, 1.82) is 0 Å². The number of amides is 2. The summed E-state index contributed by atoms with van der Waals surface area (Å²) in [5.74, 6) is 0.804. The van der Waals surface area contributed by atoms with Crippen LogP contribution in [0.1, 0.15) is 22.5 Å². The van der Waals surface area contributed by atoms with Crippen LogP contribution in [0.15, 0.2) is 42.5 Å². The van der Waals surface area contributed by atoms with Gasteiger partial charge in [0.25, 0.3) is 5.91 Å². The molecule has 1 spiro atoms. The highest BCUT2D eigenvalue weighted by atomic mass is 35.5. The maximum absolute atomic E-state index is 13.0. The molecule has 7 heteroatoms. The Labute approximate surface area is 177 Å². The average Bonchev–Trinajstić information content (AvgIpc) is 3.26. The van der Waals surface area contributed by atoms with Crippen molar-refractivity contribution in [3.63, 3.8) is 0 Å². The molecule has 1 aromatic heterocycles. The van der Waals surface area contributed by atoms with Crippen LogP contribution in [0, 0.1) is 0 Å². The first-order chi connectivity index (χ1) is 14.0. The number of hydrogen-bond donors (Lipinski definition) is 1. The molecule has 0 bridgehead atoms. The van der Waals surface area contributed by atoms with Crippen LogP contribution in [0.5, 0.6) is 5.75 Å². The SMILES string of the molecule is COc1ccccc1-c1ccc2c(Cl)c(C(=O)N3CC4(CCC(=O)N4)C3)sc2c1. The zero-order valence-electron chi connectivity index (χ0n) is 15.8. The third-order valence-corrected chi connectivity index (χ3v) is 7.40. The third-order valence-electron chi connectivity index (χ3n) is 5.75. The van der Waals surface area contributed by atoms with Crippen molar-refractivity contribution in [1.82, 2.24) is 10.2 Å². The number of fused-ring (bicyclic) bond motifs is 1. The monoisotopic (exact) mass is 426 g/mol. The molecule has 0 unspecified atom stereocenters. The van der Waals surface area contributed by atoms with Gasteiger partial charge < -0.3 is 15.0 Å². The summed E-state index contributed by atoms with van der Waals surface area (Å²) in [6.07, 6.45) is 1.33. The van der Waals surface area contributed by atoms with Crippen LogP contribution in [0.25, 0.3) is 21.2 Å². The van der Waals surface area contributed by atoms with Gasteiger partial charge in [0.2, 0.25) is 5.91 Å². The van der Waals surface area contributed by atoms with Crippen LogP contribution in [0.3, 0.4) is 0 Å². The molecule has 5 rings (SSSR count). The fraction of sp³-hybridized carbons (Fsp3) is 0.273. The van der Waals surface area contributed by atoms with Gasteiger partial charge in [-0.2, -0.15) is 0 Å². The van der Waals surface area contributed by atoms with Crippen LogP contribution in [-0.4, -0.2) is 42.5 Å². The van der Waals surface area contributed by atoms with Gasteiger partial charge in [0.1, 0.15) is 10.6 Å². The van der Waals surface area contributed by atoms with E-state index < -0.39 is 0 Å². The molecular formula is C22H19ClN2O3S. The molecule has 3 aromatic rings. The van der Waals surface area contributed by atoms with Gasteiger partial charge >= 0.3 is 0 Å². The van der Waals surface area contributed by atoms with Gasteiger partial charge in [0.15, 0.2) is 0 Å².